The Morgan fingerprint density at radius 3 is 2.34 bits per heavy atom. The first-order valence-corrected chi connectivity index (χ1v) is 10.7. The van der Waals surface area contributed by atoms with E-state index in [1.54, 1.807) is 11.8 Å². The molecule has 3 aromatic carbocycles. The molecule has 29 heavy (non-hydrogen) atoms. The number of rotatable bonds is 10. The molecule has 0 aliphatic heterocycles. The van der Waals surface area contributed by atoms with Gasteiger partial charge in [0, 0.05) is 17.4 Å². The number of aliphatic carboxylic acids is 1. The molecule has 0 aliphatic rings. The molecular formula is C24H24O4S. The van der Waals surface area contributed by atoms with E-state index in [4.69, 9.17) is 14.6 Å². The first-order valence-electron chi connectivity index (χ1n) is 9.44. The van der Waals surface area contributed by atoms with E-state index in [0.717, 1.165) is 16.0 Å². The van der Waals surface area contributed by atoms with Crippen molar-refractivity contribution in [1.82, 2.24) is 0 Å². The smallest absolute Gasteiger partial charge is 0.303 e. The van der Waals surface area contributed by atoms with Crippen LogP contribution in [0.5, 0.6) is 11.5 Å². The van der Waals surface area contributed by atoms with Crippen LogP contribution >= 0.6 is 11.8 Å². The Morgan fingerprint density at radius 2 is 1.69 bits per heavy atom. The number of hydrogen-bond acceptors (Lipinski definition) is 4. The van der Waals surface area contributed by atoms with Gasteiger partial charge in [0.15, 0.2) is 0 Å². The van der Waals surface area contributed by atoms with Gasteiger partial charge >= 0.3 is 5.97 Å². The molecule has 3 rings (SSSR count). The number of benzene rings is 3. The maximum atomic E-state index is 11.1. The van der Waals surface area contributed by atoms with E-state index in [2.05, 4.69) is 0 Å². The van der Waals surface area contributed by atoms with Crippen molar-refractivity contribution in [3.05, 3.63) is 90.0 Å². The number of carbonyl (C=O) groups is 1. The molecule has 0 bridgehead atoms. The molecule has 1 atom stereocenters. The highest BCUT2D eigenvalue weighted by molar-refractivity contribution is 7.98. The zero-order valence-electron chi connectivity index (χ0n) is 16.3. The van der Waals surface area contributed by atoms with Crippen molar-refractivity contribution in [2.24, 2.45) is 0 Å². The van der Waals surface area contributed by atoms with Gasteiger partial charge in [0.05, 0.1) is 0 Å². The molecule has 0 aliphatic carbocycles. The molecule has 0 saturated carbocycles. The van der Waals surface area contributed by atoms with E-state index < -0.39 is 5.97 Å². The highest BCUT2D eigenvalue weighted by Gasteiger charge is 2.17. The van der Waals surface area contributed by atoms with Crippen LogP contribution < -0.4 is 9.47 Å². The molecule has 5 heteroatoms. The fourth-order valence-corrected chi connectivity index (χ4v) is 3.46. The molecule has 3 aromatic rings. The molecule has 0 amide bonds. The van der Waals surface area contributed by atoms with Gasteiger partial charge in [-0.25, -0.2) is 0 Å². The summed E-state index contributed by atoms with van der Waals surface area (Å²) in [5.74, 6) is 0.577. The van der Waals surface area contributed by atoms with Crippen LogP contribution in [-0.2, 0) is 11.4 Å². The van der Waals surface area contributed by atoms with Gasteiger partial charge in [-0.15, -0.1) is 11.8 Å². The molecule has 0 spiro atoms. The van der Waals surface area contributed by atoms with Gasteiger partial charge in [0.1, 0.15) is 24.2 Å². The predicted molar refractivity (Wildman–Crippen MR) is 116 cm³/mol. The van der Waals surface area contributed by atoms with Crippen LogP contribution in [-0.4, -0.2) is 17.3 Å². The summed E-state index contributed by atoms with van der Waals surface area (Å²) in [7, 11) is 0. The Kier molecular flexibility index (Phi) is 7.59. The third kappa shape index (κ3) is 6.29. The van der Waals surface area contributed by atoms with Crippen molar-refractivity contribution >= 4 is 17.7 Å². The Hall–Kier alpha value is -2.92. The largest absolute Gasteiger partial charge is 0.489 e. The average Bonchev–Trinajstić information content (AvgIpc) is 2.76. The van der Waals surface area contributed by atoms with Crippen molar-refractivity contribution in [1.29, 1.82) is 0 Å². The maximum Gasteiger partial charge on any atom is 0.303 e. The maximum absolute atomic E-state index is 11.1. The van der Waals surface area contributed by atoms with Gasteiger partial charge in [0.2, 0.25) is 0 Å². The van der Waals surface area contributed by atoms with E-state index in [1.165, 1.54) is 0 Å². The lowest BCUT2D eigenvalue weighted by molar-refractivity contribution is -0.137. The second-order valence-electron chi connectivity index (χ2n) is 6.54. The first-order chi connectivity index (χ1) is 14.2. The normalized spacial score (nSPS) is 11.6. The molecule has 4 nitrogen and oxygen atoms in total. The summed E-state index contributed by atoms with van der Waals surface area (Å²) in [6.07, 6.45) is 2.07. The number of ether oxygens (including phenoxy) is 2. The number of carboxylic acid groups (broad SMARTS) is 1. The van der Waals surface area contributed by atoms with E-state index in [9.17, 15) is 4.79 Å². The third-order valence-electron chi connectivity index (χ3n) is 4.44. The van der Waals surface area contributed by atoms with Gasteiger partial charge in [-0.05, 0) is 35.9 Å². The quantitative estimate of drug-likeness (QED) is 0.419. The Balaban J connectivity index is 1.79. The summed E-state index contributed by atoms with van der Waals surface area (Å²) >= 11 is 1.58. The van der Waals surface area contributed by atoms with Crippen LogP contribution in [0.15, 0.2) is 83.8 Å². The number of thioether (sulfide) groups is 1. The Bertz CT molecular complexity index is 913. The second kappa shape index (κ2) is 10.6. The van der Waals surface area contributed by atoms with Gasteiger partial charge in [-0.1, -0.05) is 60.7 Å². The highest BCUT2D eigenvalue weighted by Crippen LogP contribution is 2.36. The summed E-state index contributed by atoms with van der Waals surface area (Å²) in [4.78, 5) is 12.1. The Labute approximate surface area is 175 Å². The summed E-state index contributed by atoms with van der Waals surface area (Å²) in [6, 6.07) is 25.5. The minimum Gasteiger partial charge on any atom is -0.489 e. The van der Waals surface area contributed by atoms with Crippen molar-refractivity contribution in [3.63, 3.8) is 0 Å². The molecule has 0 heterocycles. The van der Waals surface area contributed by atoms with Gasteiger partial charge in [-0.3, -0.25) is 4.79 Å². The van der Waals surface area contributed by atoms with E-state index in [-0.39, 0.29) is 12.5 Å². The zero-order chi connectivity index (χ0) is 20.5. The molecule has 0 saturated heterocycles. The molecule has 0 fully saturated rings. The van der Waals surface area contributed by atoms with Gasteiger partial charge in [0.25, 0.3) is 0 Å². The summed E-state index contributed by atoms with van der Waals surface area (Å²) < 4.78 is 12.2. The van der Waals surface area contributed by atoms with Crippen molar-refractivity contribution in [2.45, 2.75) is 30.4 Å². The summed E-state index contributed by atoms with van der Waals surface area (Å²) in [5.41, 5.74) is 2.05. The van der Waals surface area contributed by atoms with Gasteiger partial charge < -0.3 is 14.6 Å². The molecule has 0 unspecified atom stereocenters. The molecule has 0 aromatic heterocycles. The van der Waals surface area contributed by atoms with Crippen molar-refractivity contribution in [2.75, 3.05) is 6.26 Å². The molecule has 1 N–H and O–H groups in total. The lowest BCUT2D eigenvalue weighted by Crippen LogP contribution is -2.11. The standard InChI is InChI=1S/C24H24O4S/c1-29-23-14-12-20(27-17-18-8-4-2-5-9-18)16-22(23)28-21(13-15-24(25)26)19-10-6-3-7-11-19/h2-12,14,16,21H,13,15,17H2,1H3,(H,25,26)/t21-/m0/s1. The summed E-state index contributed by atoms with van der Waals surface area (Å²) in [6.45, 7) is 0.472. The molecule has 0 radical (unpaired) electrons. The van der Waals surface area contributed by atoms with Crippen LogP contribution in [0.2, 0.25) is 0 Å². The minimum atomic E-state index is -0.834. The van der Waals surface area contributed by atoms with E-state index in [1.807, 2.05) is 85.1 Å². The summed E-state index contributed by atoms with van der Waals surface area (Å²) in [5, 5.41) is 9.12. The highest BCUT2D eigenvalue weighted by atomic mass is 32.2. The zero-order valence-corrected chi connectivity index (χ0v) is 17.1. The third-order valence-corrected chi connectivity index (χ3v) is 5.22. The van der Waals surface area contributed by atoms with E-state index >= 15 is 0 Å². The van der Waals surface area contributed by atoms with Crippen molar-refractivity contribution < 1.29 is 19.4 Å². The second-order valence-corrected chi connectivity index (χ2v) is 7.38. The minimum absolute atomic E-state index is 0.0400. The average molecular weight is 409 g/mol. The van der Waals surface area contributed by atoms with Crippen LogP contribution in [0.25, 0.3) is 0 Å². The molecule has 150 valence electrons. The van der Waals surface area contributed by atoms with E-state index in [0.29, 0.717) is 24.5 Å². The molecular weight excluding hydrogens is 384 g/mol. The van der Waals surface area contributed by atoms with Crippen LogP contribution in [0.1, 0.15) is 30.1 Å². The SMILES string of the molecule is CSc1ccc(OCc2ccccc2)cc1O[C@@H](CCC(=O)O)c1ccccc1. The number of carboxylic acids is 1. The fourth-order valence-electron chi connectivity index (χ4n) is 2.95. The first kappa shape index (κ1) is 20.8. The lowest BCUT2D eigenvalue weighted by Gasteiger charge is -2.21. The topological polar surface area (TPSA) is 55.8 Å². The lowest BCUT2D eigenvalue weighted by atomic mass is 10.0. The predicted octanol–water partition coefficient (Wildman–Crippen LogP) is 5.97. The van der Waals surface area contributed by atoms with Gasteiger partial charge in [-0.2, -0.15) is 0 Å². The monoisotopic (exact) mass is 408 g/mol. The fraction of sp³-hybridized carbons (Fsp3) is 0.208. The number of hydrogen-bond donors (Lipinski definition) is 1. The van der Waals surface area contributed by atoms with Crippen LogP contribution in [0.4, 0.5) is 0 Å². The Morgan fingerprint density at radius 1 is 1.00 bits per heavy atom. The van der Waals surface area contributed by atoms with Crippen LogP contribution in [0, 0.1) is 0 Å². The van der Waals surface area contributed by atoms with Crippen molar-refractivity contribution in [3.8, 4) is 11.5 Å². The van der Waals surface area contributed by atoms with Crippen LogP contribution in [0.3, 0.4) is 0 Å².